The predicted octanol–water partition coefficient (Wildman–Crippen LogP) is 3.91. The van der Waals surface area contributed by atoms with Crippen molar-refractivity contribution >= 4 is 11.2 Å². The van der Waals surface area contributed by atoms with Crippen LogP contribution in [-0.2, 0) is 11.2 Å². The molecule has 3 aromatic rings. The van der Waals surface area contributed by atoms with Crippen molar-refractivity contribution in [2.24, 2.45) is 0 Å². The Kier molecular flexibility index (Phi) is 4.82. The number of nitrogens with zero attached hydrogens (tertiary/aromatic N) is 3. The molecule has 0 radical (unpaired) electrons. The molecule has 1 atom stereocenters. The van der Waals surface area contributed by atoms with Crippen LogP contribution in [0, 0.1) is 6.92 Å². The quantitative estimate of drug-likeness (QED) is 0.659. The molecule has 0 saturated heterocycles. The fourth-order valence-electron chi connectivity index (χ4n) is 2.34. The summed E-state index contributed by atoms with van der Waals surface area (Å²) in [6.45, 7) is 1.64. The number of alkyl halides is 3. The van der Waals surface area contributed by atoms with Crippen molar-refractivity contribution in [2.45, 2.75) is 18.0 Å². The van der Waals surface area contributed by atoms with Gasteiger partial charge in [-0.05, 0) is 36.3 Å². The van der Waals surface area contributed by atoms with Gasteiger partial charge in [0.25, 0.3) is 0 Å². The topological polar surface area (TPSA) is 53.8 Å². The number of hydrogen-bond acceptors (Lipinski definition) is 3. The minimum Gasteiger partial charge on any atom is -0.611 e. The Labute approximate surface area is 145 Å². The maximum atomic E-state index is 12.5. The third-order valence-electron chi connectivity index (χ3n) is 3.52. The summed E-state index contributed by atoms with van der Waals surface area (Å²) in [6.07, 6.45) is 0.555. The van der Waals surface area contributed by atoms with E-state index in [4.69, 9.17) is 0 Å². The van der Waals surface area contributed by atoms with Crippen LogP contribution in [0.5, 0.6) is 0 Å². The molecule has 0 saturated carbocycles. The van der Waals surface area contributed by atoms with Crippen LogP contribution in [-0.4, -0.2) is 31.2 Å². The van der Waals surface area contributed by atoms with Crippen molar-refractivity contribution in [2.75, 3.05) is 5.75 Å². The van der Waals surface area contributed by atoms with E-state index in [9.17, 15) is 17.7 Å². The molecule has 8 heteroatoms. The lowest BCUT2D eigenvalue weighted by atomic mass is 10.1. The lowest BCUT2D eigenvalue weighted by Gasteiger charge is -2.15. The molecule has 0 amide bonds. The van der Waals surface area contributed by atoms with Crippen molar-refractivity contribution in [1.29, 1.82) is 0 Å². The van der Waals surface area contributed by atoms with E-state index in [1.807, 2.05) is 6.07 Å². The normalized spacial score (nSPS) is 13.0. The third-order valence-corrected chi connectivity index (χ3v) is 5.04. The van der Waals surface area contributed by atoms with E-state index < -0.39 is 23.1 Å². The van der Waals surface area contributed by atoms with Gasteiger partial charge in [0.05, 0.1) is 17.6 Å². The molecule has 130 valence electrons. The van der Waals surface area contributed by atoms with Crippen LogP contribution in [0.15, 0.2) is 59.9 Å². The highest BCUT2D eigenvalue weighted by Gasteiger charge is 2.36. The van der Waals surface area contributed by atoms with Crippen molar-refractivity contribution in [3.63, 3.8) is 0 Å². The van der Waals surface area contributed by atoms with E-state index >= 15 is 0 Å². The van der Waals surface area contributed by atoms with Crippen LogP contribution in [0.25, 0.3) is 16.9 Å². The smallest absolute Gasteiger partial charge is 0.433 e. The predicted molar refractivity (Wildman–Crippen MR) is 88.9 cm³/mol. The van der Waals surface area contributed by atoms with Gasteiger partial charge in [-0.25, -0.2) is 4.68 Å². The Hall–Kier alpha value is -2.32. The van der Waals surface area contributed by atoms with E-state index in [0.717, 1.165) is 5.69 Å². The summed E-state index contributed by atoms with van der Waals surface area (Å²) < 4.78 is 51.2. The Morgan fingerprint density at radius 1 is 1.20 bits per heavy atom. The average Bonchev–Trinajstić information content (AvgIpc) is 3.04. The summed E-state index contributed by atoms with van der Waals surface area (Å²) in [5, 5.41) is 4.41. The zero-order valence-electron chi connectivity index (χ0n) is 13.2. The Morgan fingerprint density at radius 2 is 2.00 bits per heavy atom. The summed E-state index contributed by atoms with van der Waals surface area (Å²) >= 11 is -2.15. The molecule has 0 spiro atoms. The van der Waals surface area contributed by atoms with Crippen molar-refractivity contribution in [3.8, 4) is 16.9 Å². The zero-order valence-corrected chi connectivity index (χ0v) is 14.0. The van der Waals surface area contributed by atoms with Crippen LogP contribution in [0.2, 0.25) is 0 Å². The molecule has 4 nitrogen and oxygen atoms in total. The van der Waals surface area contributed by atoms with Gasteiger partial charge in [0.2, 0.25) is 5.75 Å². The van der Waals surface area contributed by atoms with Crippen LogP contribution in [0.3, 0.4) is 0 Å². The summed E-state index contributed by atoms with van der Waals surface area (Å²) in [7, 11) is 0. The fourth-order valence-corrected chi connectivity index (χ4v) is 3.48. The van der Waals surface area contributed by atoms with Crippen LogP contribution >= 0.6 is 0 Å². The van der Waals surface area contributed by atoms with Gasteiger partial charge >= 0.3 is 6.18 Å². The zero-order chi connectivity index (χ0) is 18.0. The van der Waals surface area contributed by atoms with Gasteiger partial charge in [-0.3, -0.25) is 4.98 Å². The second-order valence-corrected chi connectivity index (χ2v) is 6.86. The van der Waals surface area contributed by atoms with Crippen molar-refractivity contribution in [3.05, 3.63) is 60.6 Å². The molecule has 25 heavy (non-hydrogen) atoms. The van der Waals surface area contributed by atoms with E-state index in [1.165, 1.54) is 6.07 Å². The fraction of sp³-hybridized carbons (Fsp3) is 0.176. The van der Waals surface area contributed by atoms with E-state index in [0.29, 0.717) is 16.8 Å². The van der Waals surface area contributed by atoms with E-state index in [-0.39, 0.29) is 4.90 Å². The summed E-state index contributed by atoms with van der Waals surface area (Å²) in [5.74, 6) is -1.36. The maximum absolute atomic E-state index is 12.5. The molecule has 0 aliphatic heterocycles. The monoisotopic (exact) mass is 365 g/mol. The first-order valence-corrected chi connectivity index (χ1v) is 8.67. The summed E-state index contributed by atoms with van der Waals surface area (Å²) in [4.78, 5) is 4.19. The highest BCUT2D eigenvalue weighted by Crippen LogP contribution is 2.28. The molecular formula is C17H14F3N3OS. The summed E-state index contributed by atoms with van der Waals surface area (Å²) in [5.41, 5.74) is 2.51. The first kappa shape index (κ1) is 17.5. The van der Waals surface area contributed by atoms with Gasteiger partial charge in [0.15, 0.2) is 4.90 Å². The Morgan fingerprint density at radius 3 is 2.68 bits per heavy atom. The minimum atomic E-state index is -4.48. The average molecular weight is 365 g/mol. The molecular weight excluding hydrogens is 351 g/mol. The maximum Gasteiger partial charge on any atom is 0.433 e. The third kappa shape index (κ3) is 4.21. The first-order valence-electron chi connectivity index (χ1n) is 7.36. The standard InChI is InChI=1S/C17H14F3N3OS/c1-12-4-5-13(9-16(12)25(24)11-17(18,19)20)15-6-8-23(22-15)14-3-2-7-21-10-14/h2-10H,11H2,1H3. The lowest BCUT2D eigenvalue weighted by molar-refractivity contribution is -0.106. The number of hydrogen-bond donors (Lipinski definition) is 0. The number of aromatic nitrogens is 3. The Bertz CT molecular complexity index is 865. The molecule has 0 fully saturated rings. The van der Waals surface area contributed by atoms with Crippen molar-refractivity contribution < 1.29 is 17.7 Å². The number of rotatable bonds is 4. The number of benzene rings is 1. The SMILES string of the molecule is Cc1ccc(-c2ccn(-c3cccnc3)n2)cc1[S+]([O-])CC(F)(F)F. The van der Waals surface area contributed by atoms with Crippen LogP contribution in [0.4, 0.5) is 13.2 Å². The molecule has 0 N–H and O–H groups in total. The van der Waals surface area contributed by atoms with Gasteiger partial charge in [0, 0.05) is 29.6 Å². The molecule has 2 aromatic heterocycles. The number of halogens is 3. The highest BCUT2D eigenvalue weighted by atomic mass is 32.2. The second-order valence-electron chi connectivity index (χ2n) is 5.44. The van der Waals surface area contributed by atoms with Crippen LogP contribution in [0.1, 0.15) is 5.56 Å². The van der Waals surface area contributed by atoms with Gasteiger partial charge in [0.1, 0.15) is 0 Å². The van der Waals surface area contributed by atoms with Gasteiger partial charge in [-0.2, -0.15) is 18.3 Å². The molecule has 0 aliphatic carbocycles. The number of aryl methyl sites for hydroxylation is 1. The molecule has 3 rings (SSSR count). The van der Waals surface area contributed by atoms with Gasteiger partial charge in [-0.1, -0.05) is 12.1 Å². The highest BCUT2D eigenvalue weighted by molar-refractivity contribution is 7.91. The second kappa shape index (κ2) is 6.89. The van der Waals surface area contributed by atoms with Gasteiger partial charge < -0.3 is 4.55 Å². The number of pyridine rings is 1. The molecule has 2 heterocycles. The molecule has 0 aliphatic rings. The molecule has 1 unspecified atom stereocenters. The molecule has 0 bridgehead atoms. The minimum absolute atomic E-state index is 0.172. The van der Waals surface area contributed by atoms with Crippen LogP contribution < -0.4 is 0 Å². The summed E-state index contributed by atoms with van der Waals surface area (Å²) in [6, 6.07) is 10.3. The van der Waals surface area contributed by atoms with E-state index in [1.54, 1.807) is 54.5 Å². The van der Waals surface area contributed by atoms with Crippen molar-refractivity contribution in [1.82, 2.24) is 14.8 Å². The largest absolute Gasteiger partial charge is 0.611 e. The van der Waals surface area contributed by atoms with Gasteiger partial charge in [-0.15, -0.1) is 0 Å². The Balaban J connectivity index is 1.91. The first-order chi connectivity index (χ1) is 11.8. The lowest BCUT2D eigenvalue weighted by Crippen LogP contribution is -2.23. The van der Waals surface area contributed by atoms with E-state index in [2.05, 4.69) is 10.1 Å². The molecule has 1 aromatic carbocycles.